The number of pyridine rings is 1. The lowest BCUT2D eigenvalue weighted by Crippen LogP contribution is -2.08. The van der Waals surface area contributed by atoms with E-state index in [0.717, 1.165) is 17.8 Å². The molecule has 3 nitrogen and oxygen atoms in total. The first kappa shape index (κ1) is 11.5. The molecule has 2 N–H and O–H groups in total. The Balaban J connectivity index is 1.75. The van der Waals surface area contributed by atoms with Crippen LogP contribution in [0.25, 0.3) is 11.0 Å². The topological polar surface area (TPSA) is 40.7 Å². The molecular formula is C17H17N3. The summed E-state index contributed by atoms with van der Waals surface area (Å²) in [5.41, 5.74) is 7.32. The minimum Gasteiger partial charge on any atom is -0.376 e. The third-order valence-electron chi connectivity index (χ3n) is 4.13. The van der Waals surface area contributed by atoms with E-state index in [2.05, 4.69) is 54.5 Å². The number of fused-ring (bicyclic) bond motifs is 2. The standard InChI is InChI=1S/C17H17N3/c1-10-3-4-14-12(7-10)9-16(19-14)15-8-11(2)13-5-6-18-17(13)20-15/h3-8,16,19H,9H2,1-2H3,(H,18,20). The van der Waals surface area contributed by atoms with Crippen LogP contribution in [0.15, 0.2) is 36.5 Å². The Morgan fingerprint density at radius 3 is 2.95 bits per heavy atom. The fourth-order valence-electron chi connectivity index (χ4n) is 3.08. The molecule has 3 aromatic rings. The summed E-state index contributed by atoms with van der Waals surface area (Å²) in [4.78, 5) is 7.98. The van der Waals surface area contributed by atoms with Crippen molar-refractivity contribution in [3.05, 3.63) is 58.9 Å². The van der Waals surface area contributed by atoms with Crippen molar-refractivity contribution in [1.82, 2.24) is 9.97 Å². The van der Waals surface area contributed by atoms with E-state index in [-0.39, 0.29) is 6.04 Å². The molecule has 1 aliphatic heterocycles. The maximum atomic E-state index is 4.77. The summed E-state index contributed by atoms with van der Waals surface area (Å²) in [6, 6.07) is 11.2. The number of nitrogens with zero attached hydrogens (tertiary/aromatic N) is 1. The minimum atomic E-state index is 0.276. The van der Waals surface area contributed by atoms with Crippen LogP contribution >= 0.6 is 0 Å². The highest BCUT2D eigenvalue weighted by molar-refractivity contribution is 5.79. The molecule has 0 spiro atoms. The average molecular weight is 263 g/mol. The number of hydrogen-bond donors (Lipinski definition) is 2. The first-order valence-electron chi connectivity index (χ1n) is 7.01. The fraction of sp³-hybridized carbons (Fsp3) is 0.235. The van der Waals surface area contributed by atoms with Gasteiger partial charge in [-0.2, -0.15) is 0 Å². The lowest BCUT2D eigenvalue weighted by atomic mass is 10.0. The number of aromatic amines is 1. The van der Waals surface area contributed by atoms with Crippen molar-refractivity contribution < 1.29 is 0 Å². The highest BCUT2D eigenvalue weighted by Gasteiger charge is 2.23. The number of anilines is 1. The van der Waals surface area contributed by atoms with E-state index in [0.29, 0.717) is 0 Å². The van der Waals surface area contributed by atoms with Gasteiger partial charge < -0.3 is 10.3 Å². The first-order chi connectivity index (χ1) is 9.70. The molecule has 3 heterocycles. The Hall–Kier alpha value is -2.29. The zero-order chi connectivity index (χ0) is 13.7. The van der Waals surface area contributed by atoms with Crippen molar-refractivity contribution in [3.8, 4) is 0 Å². The molecule has 1 aromatic carbocycles. The second kappa shape index (κ2) is 4.10. The van der Waals surface area contributed by atoms with Gasteiger partial charge in [0, 0.05) is 23.7 Å². The van der Waals surface area contributed by atoms with Gasteiger partial charge in [0.25, 0.3) is 0 Å². The number of benzene rings is 1. The molecule has 4 rings (SSSR count). The largest absolute Gasteiger partial charge is 0.376 e. The molecule has 0 aliphatic carbocycles. The van der Waals surface area contributed by atoms with Crippen molar-refractivity contribution in [3.63, 3.8) is 0 Å². The van der Waals surface area contributed by atoms with Gasteiger partial charge >= 0.3 is 0 Å². The lowest BCUT2D eigenvalue weighted by molar-refractivity contribution is 0.791. The minimum absolute atomic E-state index is 0.276. The molecule has 3 heteroatoms. The maximum Gasteiger partial charge on any atom is 0.137 e. The van der Waals surface area contributed by atoms with E-state index >= 15 is 0 Å². The molecule has 0 bridgehead atoms. The van der Waals surface area contributed by atoms with Crippen LogP contribution in [0.3, 0.4) is 0 Å². The van der Waals surface area contributed by atoms with E-state index in [1.54, 1.807) is 0 Å². The normalized spacial score (nSPS) is 17.2. The van der Waals surface area contributed by atoms with Gasteiger partial charge in [0.1, 0.15) is 5.65 Å². The van der Waals surface area contributed by atoms with Crippen LogP contribution in [0.5, 0.6) is 0 Å². The molecule has 20 heavy (non-hydrogen) atoms. The quantitative estimate of drug-likeness (QED) is 0.699. The third kappa shape index (κ3) is 1.70. The predicted molar refractivity (Wildman–Crippen MR) is 82.1 cm³/mol. The highest BCUT2D eigenvalue weighted by atomic mass is 15.0. The van der Waals surface area contributed by atoms with Crippen molar-refractivity contribution in [2.24, 2.45) is 0 Å². The van der Waals surface area contributed by atoms with Crippen LogP contribution in [0.1, 0.15) is 28.4 Å². The monoisotopic (exact) mass is 263 g/mol. The number of nitrogens with one attached hydrogen (secondary N) is 2. The van der Waals surface area contributed by atoms with Gasteiger partial charge in [0.2, 0.25) is 0 Å². The summed E-state index contributed by atoms with van der Waals surface area (Å²) in [6.45, 7) is 4.29. The summed E-state index contributed by atoms with van der Waals surface area (Å²) in [6.07, 6.45) is 2.96. The molecule has 0 amide bonds. The van der Waals surface area contributed by atoms with Crippen LogP contribution in [0.4, 0.5) is 5.69 Å². The molecule has 0 fully saturated rings. The molecule has 1 atom stereocenters. The average Bonchev–Trinajstić information content (AvgIpc) is 3.03. The predicted octanol–water partition coefficient (Wildman–Crippen LogP) is 3.89. The Morgan fingerprint density at radius 1 is 1.15 bits per heavy atom. The van der Waals surface area contributed by atoms with Gasteiger partial charge in [0.15, 0.2) is 0 Å². The molecular weight excluding hydrogens is 246 g/mol. The van der Waals surface area contributed by atoms with Crippen molar-refractivity contribution in [2.45, 2.75) is 26.3 Å². The van der Waals surface area contributed by atoms with Gasteiger partial charge in [-0.1, -0.05) is 17.7 Å². The van der Waals surface area contributed by atoms with Crippen LogP contribution in [-0.4, -0.2) is 9.97 Å². The van der Waals surface area contributed by atoms with Gasteiger partial charge in [-0.05, 0) is 43.2 Å². The van der Waals surface area contributed by atoms with Crippen molar-refractivity contribution in [1.29, 1.82) is 0 Å². The molecule has 0 saturated carbocycles. The Kier molecular flexibility index (Phi) is 2.36. The number of aryl methyl sites for hydroxylation is 2. The second-order valence-corrected chi connectivity index (χ2v) is 5.67. The smallest absolute Gasteiger partial charge is 0.137 e. The molecule has 2 aromatic heterocycles. The zero-order valence-corrected chi connectivity index (χ0v) is 11.7. The van der Waals surface area contributed by atoms with Crippen LogP contribution in [0, 0.1) is 13.8 Å². The van der Waals surface area contributed by atoms with Crippen molar-refractivity contribution >= 4 is 16.7 Å². The van der Waals surface area contributed by atoms with E-state index in [9.17, 15) is 0 Å². The van der Waals surface area contributed by atoms with E-state index in [1.807, 2.05) is 6.20 Å². The number of rotatable bonds is 1. The van der Waals surface area contributed by atoms with Crippen molar-refractivity contribution in [2.75, 3.05) is 5.32 Å². The first-order valence-corrected chi connectivity index (χ1v) is 7.01. The van der Waals surface area contributed by atoms with Gasteiger partial charge in [-0.15, -0.1) is 0 Å². The van der Waals surface area contributed by atoms with Crippen LogP contribution < -0.4 is 5.32 Å². The molecule has 0 radical (unpaired) electrons. The molecule has 100 valence electrons. The number of aromatic nitrogens is 2. The summed E-state index contributed by atoms with van der Waals surface area (Å²) in [5, 5.41) is 4.79. The van der Waals surface area contributed by atoms with Crippen LogP contribution in [0.2, 0.25) is 0 Å². The summed E-state index contributed by atoms with van der Waals surface area (Å²) in [5.74, 6) is 0. The Bertz CT molecular complexity index is 801. The molecule has 1 aliphatic rings. The Labute approximate surface area is 118 Å². The zero-order valence-electron chi connectivity index (χ0n) is 11.7. The lowest BCUT2D eigenvalue weighted by Gasteiger charge is -2.12. The highest BCUT2D eigenvalue weighted by Crippen LogP contribution is 2.34. The summed E-state index contributed by atoms with van der Waals surface area (Å²) in [7, 11) is 0. The maximum absolute atomic E-state index is 4.77. The molecule has 1 unspecified atom stereocenters. The number of hydrogen-bond acceptors (Lipinski definition) is 2. The van der Waals surface area contributed by atoms with Gasteiger partial charge in [-0.25, -0.2) is 4.98 Å². The van der Waals surface area contributed by atoms with E-state index < -0.39 is 0 Å². The third-order valence-corrected chi connectivity index (χ3v) is 4.13. The number of H-pyrrole nitrogens is 1. The van der Waals surface area contributed by atoms with E-state index in [4.69, 9.17) is 4.98 Å². The SMILES string of the molecule is Cc1ccc2c(c1)CC(c1cc(C)c3cc[nH]c3n1)N2. The fourth-order valence-corrected chi connectivity index (χ4v) is 3.08. The van der Waals surface area contributed by atoms with E-state index in [1.165, 1.54) is 27.8 Å². The molecule has 0 saturated heterocycles. The van der Waals surface area contributed by atoms with Crippen LogP contribution in [-0.2, 0) is 6.42 Å². The second-order valence-electron chi connectivity index (χ2n) is 5.67. The van der Waals surface area contributed by atoms with Gasteiger partial charge in [0.05, 0.1) is 11.7 Å². The van der Waals surface area contributed by atoms with Gasteiger partial charge in [-0.3, -0.25) is 0 Å². The Morgan fingerprint density at radius 2 is 2.05 bits per heavy atom. The summed E-state index contributed by atoms with van der Waals surface area (Å²) >= 11 is 0. The summed E-state index contributed by atoms with van der Waals surface area (Å²) < 4.78 is 0.